The molecule has 0 aromatic heterocycles. The van der Waals surface area contributed by atoms with E-state index in [0.717, 1.165) is 19.3 Å². The number of benzene rings is 2. The Bertz CT molecular complexity index is 930. The highest BCUT2D eigenvalue weighted by Crippen LogP contribution is 2.39. The molecule has 0 bridgehead atoms. The van der Waals surface area contributed by atoms with Crippen LogP contribution in [0.5, 0.6) is 5.75 Å². The Kier molecular flexibility index (Phi) is 7.36. The molecule has 0 radical (unpaired) electrons. The first kappa shape index (κ1) is 21.7. The number of ketones is 1. The van der Waals surface area contributed by atoms with E-state index in [4.69, 9.17) is 9.47 Å². The molecule has 3 rings (SSSR count). The number of ether oxygens (including phenoxy) is 2. The molecule has 0 amide bonds. The van der Waals surface area contributed by atoms with Gasteiger partial charge in [-0.3, -0.25) is 14.9 Å². The molecule has 6 nitrogen and oxygen atoms in total. The van der Waals surface area contributed by atoms with Gasteiger partial charge in [0, 0.05) is 24.3 Å². The zero-order chi connectivity index (χ0) is 21.5. The second-order valence-electron chi connectivity index (χ2n) is 7.44. The Morgan fingerprint density at radius 2 is 1.87 bits per heavy atom. The number of nitro benzene ring substituents is 1. The van der Waals surface area contributed by atoms with Gasteiger partial charge in [-0.2, -0.15) is 0 Å². The predicted octanol–water partition coefficient (Wildman–Crippen LogP) is 5.79. The van der Waals surface area contributed by atoms with Crippen molar-refractivity contribution in [3.63, 3.8) is 0 Å². The van der Waals surface area contributed by atoms with Crippen LogP contribution in [-0.2, 0) is 4.74 Å². The molecule has 0 unspecified atom stereocenters. The summed E-state index contributed by atoms with van der Waals surface area (Å²) in [7, 11) is 1.47. The molecule has 158 valence electrons. The first-order valence-corrected chi connectivity index (χ1v) is 10.3. The molecule has 1 aliphatic rings. The second-order valence-corrected chi connectivity index (χ2v) is 7.44. The van der Waals surface area contributed by atoms with E-state index in [0.29, 0.717) is 17.0 Å². The summed E-state index contributed by atoms with van der Waals surface area (Å²) in [4.78, 5) is 24.5. The largest absolute Gasteiger partial charge is 0.466 e. The minimum atomic E-state index is -0.541. The Hall–Kier alpha value is -2.99. The molecule has 1 aliphatic carbocycles. The van der Waals surface area contributed by atoms with Gasteiger partial charge in [-0.1, -0.05) is 61.7 Å². The summed E-state index contributed by atoms with van der Waals surface area (Å²) in [5.74, 6) is 0.264. The van der Waals surface area contributed by atoms with Crippen molar-refractivity contribution in [1.82, 2.24) is 0 Å². The first-order valence-electron chi connectivity index (χ1n) is 10.3. The summed E-state index contributed by atoms with van der Waals surface area (Å²) < 4.78 is 10.8. The molecule has 0 aliphatic heterocycles. The van der Waals surface area contributed by atoms with Crippen LogP contribution in [0.1, 0.15) is 60.5 Å². The third-order valence-corrected chi connectivity index (χ3v) is 5.58. The van der Waals surface area contributed by atoms with Crippen LogP contribution in [0.2, 0.25) is 0 Å². The number of allylic oxidation sites excluding steroid dienone is 1. The molecule has 30 heavy (non-hydrogen) atoms. The van der Waals surface area contributed by atoms with E-state index in [1.807, 2.05) is 6.08 Å². The fourth-order valence-corrected chi connectivity index (χ4v) is 4.09. The van der Waals surface area contributed by atoms with Gasteiger partial charge in [-0.05, 0) is 31.2 Å². The number of hydrogen-bond donors (Lipinski definition) is 0. The van der Waals surface area contributed by atoms with Gasteiger partial charge in [-0.15, -0.1) is 0 Å². The molecular weight excluding hydrogens is 382 g/mol. The number of nitrogens with zero attached hydrogens (tertiary/aromatic N) is 1. The van der Waals surface area contributed by atoms with Crippen molar-refractivity contribution in [2.24, 2.45) is 5.92 Å². The Balaban J connectivity index is 2.18. The lowest BCUT2D eigenvalue weighted by Gasteiger charge is -2.17. The summed E-state index contributed by atoms with van der Waals surface area (Å²) in [5.41, 5.74) is 2.00. The fraction of sp³-hybridized carbons (Fsp3) is 0.375. The van der Waals surface area contributed by atoms with Crippen LogP contribution in [0.15, 0.2) is 48.0 Å². The zero-order valence-corrected chi connectivity index (χ0v) is 17.4. The maximum atomic E-state index is 13.3. The maximum Gasteiger partial charge on any atom is 0.284 e. The van der Waals surface area contributed by atoms with E-state index in [-0.39, 0.29) is 23.8 Å². The number of nitro groups is 1. The lowest BCUT2D eigenvalue weighted by molar-refractivity contribution is -0.385. The van der Waals surface area contributed by atoms with Crippen LogP contribution in [-0.4, -0.2) is 24.6 Å². The summed E-state index contributed by atoms with van der Waals surface area (Å²) in [6.45, 7) is 2.00. The molecule has 0 atom stereocenters. The van der Waals surface area contributed by atoms with Crippen molar-refractivity contribution < 1.29 is 19.2 Å². The lowest BCUT2D eigenvalue weighted by Crippen LogP contribution is -2.12. The highest BCUT2D eigenvalue weighted by Gasteiger charge is 2.29. The van der Waals surface area contributed by atoms with Gasteiger partial charge in [0.15, 0.2) is 6.79 Å². The first-order chi connectivity index (χ1) is 14.6. The zero-order valence-electron chi connectivity index (χ0n) is 17.4. The molecular formula is C24H27NO5. The van der Waals surface area contributed by atoms with Crippen LogP contribution < -0.4 is 4.74 Å². The van der Waals surface area contributed by atoms with Crippen molar-refractivity contribution in [2.45, 2.75) is 39.0 Å². The van der Waals surface area contributed by atoms with Gasteiger partial charge in [0.1, 0.15) is 11.3 Å². The van der Waals surface area contributed by atoms with Gasteiger partial charge >= 0.3 is 0 Å². The quantitative estimate of drug-likeness (QED) is 0.227. The highest BCUT2D eigenvalue weighted by molar-refractivity contribution is 6.14. The van der Waals surface area contributed by atoms with Gasteiger partial charge in [0.25, 0.3) is 5.69 Å². The van der Waals surface area contributed by atoms with E-state index in [9.17, 15) is 14.9 Å². The van der Waals surface area contributed by atoms with Gasteiger partial charge in [0.2, 0.25) is 5.78 Å². The smallest absolute Gasteiger partial charge is 0.284 e. The summed E-state index contributed by atoms with van der Waals surface area (Å²) in [6.07, 6.45) is 7.65. The van der Waals surface area contributed by atoms with Gasteiger partial charge < -0.3 is 9.47 Å². The molecule has 2 aromatic carbocycles. The Morgan fingerprint density at radius 3 is 2.47 bits per heavy atom. The molecule has 1 saturated carbocycles. The topological polar surface area (TPSA) is 78.7 Å². The summed E-state index contributed by atoms with van der Waals surface area (Å²) in [5, 5.41) is 11.7. The van der Waals surface area contributed by atoms with E-state index >= 15 is 0 Å². The number of hydrogen-bond acceptors (Lipinski definition) is 5. The van der Waals surface area contributed by atoms with Crippen molar-refractivity contribution in [2.75, 3.05) is 13.9 Å². The third kappa shape index (κ3) is 4.76. The van der Waals surface area contributed by atoms with Crippen LogP contribution in [0, 0.1) is 16.0 Å². The van der Waals surface area contributed by atoms with Gasteiger partial charge in [-0.25, -0.2) is 0 Å². The number of rotatable bonds is 9. The van der Waals surface area contributed by atoms with E-state index < -0.39 is 10.7 Å². The Labute approximate surface area is 176 Å². The van der Waals surface area contributed by atoms with Crippen molar-refractivity contribution in [3.05, 3.63) is 74.8 Å². The number of methoxy groups -OCH3 is 1. The Morgan fingerprint density at radius 1 is 1.17 bits per heavy atom. The van der Waals surface area contributed by atoms with E-state index in [2.05, 4.69) is 6.92 Å². The fourth-order valence-electron chi connectivity index (χ4n) is 4.09. The van der Waals surface area contributed by atoms with E-state index in [1.54, 1.807) is 36.4 Å². The van der Waals surface area contributed by atoms with Crippen molar-refractivity contribution >= 4 is 17.5 Å². The molecule has 0 spiro atoms. The third-order valence-electron chi connectivity index (χ3n) is 5.58. The molecule has 2 aromatic rings. The average Bonchev–Trinajstić information content (AvgIpc) is 3.30. The summed E-state index contributed by atoms with van der Waals surface area (Å²) >= 11 is 0. The number of carbonyl (C=O) groups excluding carboxylic acids is 1. The minimum Gasteiger partial charge on any atom is -0.466 e. The lowest BCUT2D eigenvalue weighted by atomic mass is 9.91. The molecule has 6 heteroatoms. The van der Waals surface area contributed by atoms with Crippen molar-refractivity contribution in [3.8, 4) is 5.75 Å². The average molecular weight is 409 g/mol. The van der Waals surface area contributed by atoms with Gasteiger partial charge in [0.05, 0.1) is 4.92 Å². The standard InChI is InChI=1S/C24H27NO5/c1-3-17(18-9-7-8-10-18)15-20-13-14-21(25(27)28)22(24(20)30-16-29-2)23(26)19-11-5-4-6-12-19/h4-6,11-15,18H,3,7-10,16H2,1-2H3. The monoisotopic (exact) mass is 409 g/mol. The molecule has 0 saturated heterocycles. The van der Waals surface area contributed by atoms with E-state index in [1.165, 1.54) is 31.6 Å². The van der Waals surface area contributed by atoms with Crippen molar-refractivity contribution in [1.29, 1.82) is 0 Å². The predicted molar refractivity (Wildman–Crippen MR) is 116 cm³/mol. The van der Waals surface area contributed by atoms with Crippen LogP contribution in [0.4, 0.5) is 5.69 Å². The highest BCUT2D eigenvalue weighted by atomic mass is 16.7. The second kappa shape index (κ2) is 10.2. The molecule has 1 fully saturated rings. The van der Waals surface area contributed by atoms with Crippen LogP contribution >= 0.6 is 0 Å². The molecule has 0 N–H and O–H groups in total. The van der Waals surface area contributed by atoms with Crippen LogP contribution in [0.3, 0.4) is 0 Å². The normalized spacial score (nSPS) is 14.7. The SMILES string of the molecule is CCC(=Cc1ccc([N+](=O)[O-])c(C(=O)c2ccccc2)c1OCOC)C1CCCC1. The summed E-state index contributed by atoms with van der Waals surface area (Å²) in [6, 6.07) is 11.6. The van der Waals surface area contributed by atoms with Crippen LogP contribution in [0.25, 0.3) is 6.08 Å². The molecule has 0 heterocycles. The number of carbonyl (C=O) groups is 1. The maximum absolute atomic E-state index is 13.3. The minimum absolute atomic E-state index is 0.0427.